The van der Waals surface area contributed by atoms with E-state index in [1.807, 2.05) is 6.92 Å². The molecule has 1 N–H and O–H groups in total. The zero-order valence-electron chi connectivity index (χ0n) is 11.0. The van der Waals surface area contributed by atoms with E-state index in [1.165, 1.54) is 23.1 Å². The maximum atomic E-state index is 12.5. The number of carboxylic acid groups (broad SMARTS) is 1. The summed E-state index contributed by atoms with van der Waals surface area (Å²) in [5.74, 6) is -1.02. The van der Waals surface area contributed by atoms with Crippen LogP contribution in [-0.2, 0) is 4.79 Å². The Hall–Kier alpha value is -1.26. The topological polar surface area (TPSA) is 57.6 Å². The number of benzene rings is 1. The fraction of sp³-hybridized carbons (Fsp3) is 0.429. The van der Waals surface area contributed by atoms with E-state index in [0.717, 1.165) is 6.42 Å². The van der Waals surface area contributed by atoms with Crippen LogP contribution >= 0.6 is 23.2 Å². The van der Waals surface area contributed by atoms with Gasteiger partial charge in [-0.25, -0.2) is 4.79 Å². The molecule has 1 aromatic rings. The number of rotatable bonds is 2. The van der Waals surface area contributed by atoms with Crippen LogP contribution in [0.2, 0.25) is 10.0 Å². The van der Waals surface area contributed by atoms with Gasteiger partial charge in [0.05, 0.1) is 0 Å². The highest BCUT2D eigenvalue weighted by Gasteiger charge is 2.35. The van der Waals surface area contributed by atoms with Gasteiger partial charge in [0.1, 0.15) is 6.04 Å². The average Bonchev–Trinajstić information content (AvgIpc) is 2.36. The standard InChI is InChI=1S/C14H15Cl2NO3/c1-8-2-3-17(12(4-8)14(19)20)13(18)9-5-10(15)7-11(16)6-9/h5-8,12H,2-4H2,1H3,(H,19,20). The smallest absolute Gasteiger partial charge is 0.326 e. The predicted octanol–water partition coefficient (Wildman–Crippen LogP) is 3.32. The second-order valence-electron chi connectivity index (χ2n) is 5.14. The summed E-state index contributed by atoms with van der Waals surface area (Å²) < 4.78 is 0. The molecule has 2 rings (SSSR count). The quantitative estimate of drug-likeness (QED) is 0.910. The second kappa shape index (κ2) is 6.02. The molecule has 2 atom stereocenters. The Kier molecular flexibility index (Phi) is 4.55. The van der Waals surface area contributed by atoms with E-state index in [0.29, 0.717) is 34.5 Å². The third kappa shape index (κ3) is 3.25. The second-order valence-corrected chi connectivity index (χ2v) is 6.01. The van der Waals surface area contributed by atoms with E-state index in [2.05, 4.69) is 0 Å². The van der Waals surface area contributed by atoms with Gasteiger partial charge in [0.15, 0.2) is 0 Å². The summed E-state index contributed by atoms with van der Waals surface area (Å²) in [5.41, 5.74) is 0.323. The van der Waals surface area contributed by atoms with E-state index < -0.39 is 12.0 Å². The summed E-state index contributed by atoms with van der Waals surface area (Å²) in [7, 11) is 0. The van der Waals surface area contributed by atoms with Crippen LogP contribution in [0.3, 0.4) is 0 Å². The van der Waals surface area contributed by atoms with Gasteiger partial charge in [-0.3, -0.25) is 4.79 Å². The van der Waals surface area contributed by atoms with Crippen molar-refractivity contribution in [3.8, 4) is 0 Å². The third-order valence-corrected chi connectivity index (χ3v) is 3.96. The average molecular weight is 316 g/mol. The molecule has 1 amide bonds. The number of carbonyl (C=O) groups is 2. The van der Waals surface area contributed by atoms with Crippen molar-refractivity contribution in [2.75, 3.05) is 6.54 Å². The highest BCUT2D eigenvalue weighted by molar-refractivity contribution is 6.35. The van der Waals surface area contributed by atoms with Gasteiger partial charge in [-0.05, 0) is 37.0 Å². The third-order valence-electron chi connectivity index (χ3n) is 3.52. The van der Waals surface area contributed by atoms with Gasteiger partial charge in [0.2, 0.25) is 0 Å². The van der Waals surface area contributed by atoms with Crippen molar-refractivity contribution in [1.82, 2.24) is 4.90 Å². The molecule has 0 radical (unpaired) electrons. The van der Waals surface area contributed by atoms with Crippen molar-refractivity contribution in [3.05, 3.63) is 33.8 Å². The number of nitrogens with zero attached hydrogens (tertiary/aromatic N) is 1. The van der Waals surface area contributed by atoms with Crippen LogP contribution in [-0.4, -0.2) is 34.5 Å². The van der Waals surface area contributed by atoms with Gasteiger partial charge < -0.3 is 10.0 Å². The number of carbonyl (C=O) groups excluding carboxylic acids is 1. The molecule has 0 aromatic heterocycles. The molecule has 6 heteroatoms. The van der Waals surface area contributed by atoms with Gasteiger partial charge >= 0.3 is 5.97 Å². The van der Waals surface area contributed by atoms with Gasteiger partial charge in [-0.15, -0.1) is 0 Å². The first-order chi connectivity index (χ1) is 9.38. The van der Waals surface area contributed by atoms with Crippen molar-refractivity contribution in [2.45, 2.75) is 25.8 Å². The van der Waals surface area contributed by atoms with Crippen LogP contribution in [0.1, 0.15) is 30.1 Å². The lowest BCUT2D eigenvalue weighted by atomic mass is 9.92. The number of aliphatic carboxylic acids is 1. The normalized spacial score (nSPS) is 22.6. The number of halogens is 2. The van der Waals surface area contributed by atoms with E-state index in [1.54, 1.807) is 0 Å². The van der Waals surface area contributed by atoms with Crippen molar-refractivity contribution < 1.29 is 14.7 Å². The van der Waals surface area contributed by atoms with Gasteiger partial charge in [-0.1, -0.05) is 30.1 Å². The molecule has 0 spiro atoms. The summed E-state index contributed by atoms with van der Waals surface area (Å²) in [4.78, 5) is 25.2. The first-order valence-corrected chi connectivity index (χ1v) is 7.14. The maximum Gasteiger partial charge on any atom is 0.326 e. The van der Waals surface area contributed by atoms with Gasteiger partial charge in [0.25, 0.3) is 5.91 Å². The molecule has 1 fully saturated rings. The highest BCUT2D eigenvalue weighted by atomic mass is 35.5. The van der Waals surface area contributed by atoms with Crippen molar-refractivity contribution in [3.63, 3.8) is 0 Å². The minimum atomic E-state index is -0.974. The Labute approximate surface area is 127 Å². The zero-order valence-corrected chi connectivity index (χ0v) is 12.5. The lowest BCUT2D eigenvalue weighted by molar-refractivity contribution is -0.144. The predicted molar refractivity (Wildman–Crippen MR) is 77.3 cm³/mol. The molecule has 0 bridgehead atoms. The largest absolute Gasteiger partial charge is 0.480 e. The monoisotopic (exact) mass is 315 g/mol. The number of carboxylic acids is 1. The molecular formula is C14H15Cl2NO3. The van der Waals surface area contributed by atoms with Crippen LogP contribution in [0.25, 0.3) is 0 Å². The van der Waals surface area contributed by atoms with Crippen LogP contribution < -0.4 is 0 Å². The fourth-order valence-corrected chi connectivity index (χ4v) is 2.99. The number of hydrogen-bond acceptors (Lipinski definition) is 2. The SMILES string of the molecule is CC1CCN(C(=O)c2cc(Cl)cc(Cl)c2)C(C(=O)O)C1. The van der Waals surface area contributed by atoms with Gasteiger partial charge in [0, 0.05) is 22.2 Å². The number of piperidine rings is 1. The summed E-state index contributed by atoms with van der Waals surface area (Å²) in [6.07, 6.45) is 1.26. The zero-order chi connectivity index (χ0) is 14.9. The Morgan fingerprint density at radius 3 is 2.40 bits per heavy atom. The molecule has 1 aromatic carbocycles. The van der Waals surface area contributed by atoms with Crippen LogP contribution in [0, 0.1) is 5.92 Å². The molecule has 0 aliphatic carbocycles. The molecule has 108 valence electrons. The fourth-order valence-electron chi connectivity index (χ4n) is 2.46. The van der Waals surface area contributed by atoms with Crippen LogP contribution in [0.4, 0.5) is 0 Å². The van der Waals surface area contributed by atoms with Crippen LogP contribution in [0.15, 0.2) is 18.2 Å². The molecule has 0 saturated carbocycles. The Morgan fingerprint density at radius 1 is 1.25 bits per heavy atom. The molecule has 4 nitrogen and oxygen atoms in total. The minimum Gasteiger partial charge on any atom is -0.480 e. The lowest BCUT2D eigenvalue weighted by Crippen LogP contribution is -2.49. The molecule has 1 aliphatic rings. The van der Waals surface area contributed by atoms with E-state index in [9.17, 15) is 14.7 Å². The molecule has 1 heterocycles. The van der Waals surface area contributed by atoms with E-state index in [4.69, 9.17) is 23.2 Å². The first-order valence-electron chi connectivity index (χ1n) is 6.38. The molecule has 20 heavy (non-hydrogen) atoms. The molecule has 2 unspecified atom stereocenters. The summed E-state index contributed by atoms with van der Waals surface area (Å²) in [6.45, 7) is 2.43. The Morgan fingerprint density at radius 2 is 1.85 bits per heavy atom. The van der Waals surface area contributed by atoms with Crippen molar-refractivity contribution in [2.24, 2.45) is 5.92 Å². The number of likely N-dealkylation sites (tertiary alicyclic amines) is 1. The highest BCUT2D eigenvalue weighted by Crippen LogP contribution is 2.26. The van der Waals surface area contributed by atoms with Crippen molar-refractivity contribution in [1.29, 1.82) is 0 Å². The van der Waals surface area contributed by atoms with Crippen molar-refractivity contribution >= 4 is 35.1 Å². The lowest BCUT2D eigenvalue weighted by Gasteiger charge is -2.36. The Balaban J connectivity index is 2.28. The summed E-state index contributed by atoms with van der Waals surface area (Å²) in [5, 5.41) is 10.0. The Bertz CT molecular complexity index is 527. The van der Waals surface area contributed by atoms with Crippen LogP contribution in [0.5, 0.6) is 0 Å². The maximum absolute atomic E-state index is 12.5. The minimum absolute atomic E-state index is 0.295. The first kappa shape index (κ1) is 15.1. The molecule has 1 saturated heterocycles. The molecule has 1 aliphatic heterocycles. The number of amides is 1. The van der Waals surface area contributed by atoms with E-state index >= 15 is 0 Å². The van der Waals surface area contributed by atoms with Gasteiger partial charge in [-0.2, -0.15) is 0 Å². The summed E-state index contributed by atoms with van der Waals surface area (Å²) >= 11 is 11.8. The molecular weight excluding hydrogens is 301 g/mol. The van der Waals surface area contributed by atoms with E-state index in [-0.39, 0.29) is 5.91 Å². The number of hydrogen-bond donors (Lipinski definition) is 1. The summed E-state index contributed by atoms with van der Waals surface area (Å²) in [6, 6.07) is 3.76.